The maximum Gasteiger partial charge on any atom is 0.315 e. The summed E-state index contributed by atoms with van der Waals surface area (Å²) in [5, 5.41) is 19.6. The third-order valence-electron chi connectivity index (χ3n) is 5.00. The predicted octanol–water partition coefficient (Wildman–Crippen LogP) is 2.28. The second kappa shape index (κ2) is 6.18. The molecule has 122 valence electrons. The molecular weight excluding hydrogens is 300 g/mol. The second-order valence-electron chi connectivity index (χ2n) is 6.82. The molecule has 6 heteroatoms. The normalized spacial score (nSPS) is 30.8. The minimum Gasteiger partial charge on any atom is -0.387 e. The molecule has 3 N–H and O–H groups in total. The van der Waals surface area contributed by atoms with E-state index >= 15 is 0 Å². The van der Waals surface area contributed by atoms with Crippen molar-refractivity contribution < 1.29 is 14.6 Å². The number of aliphatic hydroxyl groups is 1. The van der Waals surface area contributed by atoms with Gasteiger partial charge in [-0.15, -0.1) is 0 Å². The number of hydrogen-bond donors (Lipinski definition) is 3. The largest absolute Gasteiger partial charge is 0.387 e. The summed E-state index contributed by atoms with van der Waals surface area (Å²) in [4.78, 5) is 12.1. The first kappa shape index (κ1) is 15.8. The molecule has 1 aliphatic heterocycles. The van der Waals surface area contributed by atoms with Crippen LogP contribution < -0.4 is 10.6 Å². The molecule has 0 bridgehead atoms. The highest BCUT2D eigenvalue weighted by Crippen LogP contribution is 2.51. The van der Waals surface area contributed by atoms with Crippen LogP contribution in [0.4, 0.5) is 4.79 Å². The number of fused-ring (bicyclic) bond motifs is 1. The predicted molar refractivity (Wildman–Crippen MR) is 85.8 cm³/mol. The molecule has 1 aromatic heterocycles. The first-order valence-corrected chi connectivity index (χ1v) is 8.80. The molecule has 22 heavy (non-hydrogen) atoms. The summed E-state index contributed by atoms with van der Waals surface area (Å²) >= 11 is 1.54. The minimum absolute atomic E-state index is 0.0333. The zero-order chi connectivity index (χ0) is 15.7. The van der Waals surface area contributed by atoms with Crippen LogP contribution in [0.2, 0.25) is 0 Å². The SMILES string of the molecule is CC1(C)C(NC(=O)NCC(O)c2ccsc2)C2CCCOC21. The summed E-state index contributed by atoms with van der Waals surface area (Å²) in [6.07, 6.45) is 1.77. The van der Waals surface area contributed by atoms with Gasteiger partial charge in [-0.3, -0.25) is 0 Å². The molecule has 4 atom stereocenters. The van der Waals surface area contributed by atoms with Crippen molar-refractivity contribution in [3.63, 3.8) is 0 Å². The van der Waals surface area contributed by atoms with Crippen LogP contribution in [0.5, 0.6) is 0 Å². The third-order valence-corrected chi connectivity index (χ3v) is 5.70. The second-order valence-corrected chi connectivity index (χ2v) is 7.60. The highest BCUT2D eigenvalue weighted by Gasteiger charge is 2.58. The maximum atomic E-state index is 12.1. The summed E-state index contributed by atoms with van der Waals surface area (Å²) in [5.41, 5.74) is 0.809. The zero-order valence-corrected chi connectivity index (χ0v) is 13.9. The Kier molecular flexibility index (Phi) is 4.43. The summed E-state index contributed by atoms with van der Waals surface area (Å²) in [6, 6.07) is 1.79. The number of carbonyl (C=O) groups excluding carboxylic acids is 1. The fraction of sp³-hybridized carbons (Fsp3) is 0.688. The van der Waals surface area contributed by atoms with Gasteiger partial charge in [0.05, 0.1) is 12.2 Å². The molecule has 1 aromatic rings. The summed E-state index contributed by atoms with van der Waals surface area (Å²) in [6.45, 7) is 5.34. The average molecular weight is 324 g/mol. The fourth-order valence-electron chi connectivity index (χ4n) is 3.78. The van der Waals surface area contributed by atoms with Gasteiger partial charge in [0.25, 0.3) is 0 Å². The van der Waals surface area contributed by atoms with Crippen LogP contribution in [0.1, 0.15) is 38.4 Å². The van der Waals surface area contributed by atoms with E-state index in [0.29, 0.717) is 5.92 Å². The molecule has 0 radical (unpaired) electrons. The van der Waals surface area contributed by atoms with E-state index in [1.807, 2.05) is 16.8 Å². The quantitative estimate of drug-likeness (QED) is 0.796. The van der Waals surface area contributed by atoms with Crippen molar-refractivity contribution in [3.8, 4) is 0 Å². The molecule has 1 aliphatic carbocycles. The topological polar surface area (TPSA) is 70.6 Å². The molecule has 2 fully saturated rings. The van der Waals surface area contributed by atoms with Crippen LogP contribution in [0, 0.1) is 11.3 Å². The smallest absolute Gasteiger partial charge is 0.315 e. The van der Waals surface area contributed by atoms with E-state index in [9.17, 15) is 9.90 Å². The van der Waals surface area contributed by atoms with Crippen molar-refractivity contribution in [3.05, 3.63) is 22.4 Å². The van der Waals surface area contributed by atoms with Crippen molar-refractivity contribution in [2.45, 2.75) is 44.9 Å². The van der Waals surface area contributed by atoms with Crippen LogP contribution in [-0.2, 0) is 4.74 Å². The van der Waals surface area contributed by atoms with Crippen LogP contribution in [0.15, 0.2) is 16.8 Å². The molecule has 0 spiro atoms. The van der Waals surface area contributed by atoms with Crippen molar-refractivity contribution in [1.82, 2.24) is 10.6 Å². The Balaban J connectivity index is 1.49. The Morgan fingerprint density at radius 1 is 1.59 bits per heavy atom. The Bertz CT molecular complexity index is 517. The van der Waals surface area contributed by atoms with Crippen LogP contribution >= 0.6 is 11.3 Å². The van der Waals surface area contributed by atoms with Crippen molar-refractivity contribution in [1.29, 1.82) is 0 Å². The van der Waals surface area contributed by atoms with E-state index in [-0.39, 0.29) is 30.1 Å². The number of thiophene rings is 1. The van der Waals surface area contributed by atoms with E-state index < -0.39 is 6.10 Å². The number of hydrogen-bond acceptors (Lipinski definition) is 4. The first-order chi connectivity index (χ1) is 10.5. The lowest BCUT2D eigenvalue weighted by atomic mass is 9.55. The summed E-state index contributed by atoms with van der Waals surface area (Å²) in [7, 11) is 0. The van der Waals surface area contributed by atoms with Gasteiger partial charge in [0, 0.05) is 30.5 Å². The third kappa shape index (κ3) is 2.87. The average Bonchev–Trinajstić information content (AvgIpc) is 3.04. The summed E-state index contributed by atoms with van der Waals surface area (Å²) < 4.78 is 5.84. The molecule has 3 rings (SSSR count). The number of carbonyl (C=O) groups is 1. The van der Waals surface area contributed by atoms with Gasteiger partial charge >= 0.3 is 6.03 Å². The molecular formula is C16H24N2O3S. The van der Waals surface area contributed by atoms with Crippen molar-refractivity contribution in [2.24, 2.45) is 11.3 Å². The lowest BCUT2D eigenvalue weighted by Crippen LogP contribution is -2.70. The maximum absolute atomic E-state index is 12.1. The number of nitrogens with one attached hydrogen (secondary N) is 2. The molecule has 1 saturated carbocycles. The standard InChI is InChI=1S/C16H24N2O3S/c1-16(2)13(11-4-3-6-21-14(11)16)18-15(20)17-8-12(19)10-5-7-22-9-10/h5,7,9,11-14,19H,3-4,6,8H2,1-2H3,(H2,17,18,20). The van der Waals surface area contributed by atoms with E-state index in [0.717, 1.165) is 25.0 Å². The number of aliphatic hydroxyl groups excluding tert-OH is 1. The van der Waals surface area contributed by atoms with E-state index in [1.54, 1.807) is 0 Å². The first-order valence-electron chi connectivity index (χ1n) is 7.86. The van der Waals surface area contributed by atoms with Crippen LogP contribution in [0.25, 0.3) is 0 Å². The lowest BCUT2D eigenvalue weighted by molar-refractivity contribution is -0.189. The molecule has 0 aromatic carbocycles. The summed E-state index contributed by atoms with van der Waals surface area (Å²) in [5.74, 6) is 0.413. The van der Waals surface area contributed by atoms with Gasteiger partial charge in [-0.1, -0.05) is 13.8 Å². The van der Waals surface area contributed by atoms with Gasteiger partial charge in [0.2, 0.25) is 0 Å². The number of ether oxygens (including phenoxy) is 1. The Labute approximate surface area is 135 Å². The zero-order valence-electron chi connectivity index (χ0n) is 13.0. The number of rotatable bonds is 4. The van der Waals surface area contributed by atoms with Crippen molar-refractivity contribution in [2.75, 3.05) is 13.2 Å². The fourth-order valence-corrected chi connectivity index (χ4v) is 4.49. The molecule has 5 nitrogen and oxygen atoms in total. The van der Waals surface area contributed by atoms with Crippen LogP contribution in [-0.4, -0.2) is 36.4 Å². The molecule has 4 unspecified atom stereocenters. The van der Waals surface area contributed by atoms with Gasteiger partial charge in [-0.25, -0.2) is 4.79 Å². The van der Waals surface area contributed by atoms with Gasteiger partial charge in [-0.05, 0) is 35.2 Å². The lowest BCUT2D eigenvalue weighted by Gasteiger charge is -2.59. The highest BCUT2D eigenvalue weighted by molar-refractivity contribution is 7.07. The molecule has 2 amide bonds. The van der Waals surface area contributed by atoms with Crippen molar-refractivity contribution >= 4 is 17.4 Å². The van der Waals surface area contributed by atoms with Gasteiger partial charge in [-0.2, -0.15) is 11.3 Å². The Morgan fingerprint density at radius 3 is 3.14 bits per heavy atom. The van der Waals surface area contributed by atoms with E-state index in [4.69, 9.17) is 4.74 Å². The minimum atomic E-state index is -0.655. The number of urea groups is 1. The highest BCUT2D eigenvalue weighted by atomic mass is 32.1. The Hall–Kier alpha value is -1.11. The number of amides is 2. The van der Waals surface area contributed by atoms with E-state index in [2.05, 4.69) is 24.5 Å². The van der Waals surface area contributed by atoms with Gasteiger partial charge < -0.3 is 20.5 Å². The van der Waals surface area contributed by atoms with Gasteiger partial charge in [0.15, 0.2) is 0 Å². The molecule has 2 heterocycles. The van der Waals surface area contributed by atoms with Gasteiger partial charge in [0.1, 0.15) is 0 Å². The Morgan fingerprint density at radius 2 is 2.41 bits per heavy atom. The van der Waals surface area contributed by atoms with E-state index in [1.165, 1.54) is 11.3 Å². The van der Waals surface area contributed by atoms with Crippen LogP contribution in [0.3, 0.4) is 0 Å². The molecule has 2 aliphatic rings. The monoisotopic (exact) mass is 324 g/mol. The molecule has 1 saturated heterocycles.